The normalized spacial score (nSPS) is 22.5. The van der Waals surface area contributed by atoms with Crippen LogP contribution in [-0.4, -0.2) is 30.3 Å². The van der Waals surface area contributed by atoms with Gasteiger partial charge in [0.2, 0.25) is 11.8 Å². The van der Waals surface area contributed by atoms with Crippen LogP contribution in [0.15, 0.2) is 30.3 Å². The van der Waals surface area contributed by atoms with E-state index in [4.69, 9.17) is 0 Å². The van der Waals surface area contributed by atoms with Crippen LogP contribution in [0.1, 0.15) is 38.3 Å². The van der Waals surface area contributed by atoms with Gasteiger partial charge in [0.25, 0.3) is 0 Å². The van der Waals surface area contributed by atoms with Gasteiger partial charge in [0.05, 0.1) is 12.0 Å². The summed E-state index contributed by atoms with van der Waals surface area (Å²) in [5.41, 5.74) is 1.03. The summed E-state index contributed by atoms with van der Waals surface area (Å²) >= 11 is 0. The van der Waals surface area contributed by atoms with Gasteiger partial charge in [0, 0.05) is 20.0 Å². The van der Waals surface area contributed by atoms with E-state index in [-0.39, 0.29) is 23.8 Å². The van der Waals surface area contributed by atoms with Crippen molar-refractivity contribution >= 4 is 11.8 Å². The van der Waals surface area contributed by atoms with Crippen LogP contribution in [0.5, 0.6) is 0 Å². The summed E-state index contributed by atoms with van der Waals surface area (Å²) in [7, 11) is 1.79. The third-order valence-corrected chi connectivity index (χ3v) is 4.02. The zero-order valence-corrected chi connectivity index (χ0v) is 13.0. The summed E-state index contributed by atoms with van der Waals surface area (Å²) in [6.45, 7) is 4.82. The lowest BCUT2D eigenvalue weighted by molar-refractivity contribution is -0.141. The molecule has 1 aromatic rings. The maximum atomic E-state index is 12.5. The molecular formula is C17H24N2O2. The zero-order chi connectivity index (χ0) is 15.4. The number of rotatable bonds is 4. The van der Waals surface area contributed by atoms with E-state index in [0.29, 0.717) is 25.3 Å². The number of nitrogens with one attached hydrogen (secondary N) is 1. The van der Waals surface area contributed by atoms with Crippen molar-refractivity contribution in [3.63, 3.8) is 0 Å². The number of hydrogen-bond acceptors (Lipinski definition) is 2. The fraction of sp³-hybridized carbons (Fsp3) is 0.529. The Morgan fingerprint density at radius 2 is 2.00 bits per heavy atom. The fourth-order valence-corrected chi connectivity index (χ4v) is 2.85. The van der Waals surface area contributed by atoms with Crippen LogP contribution in [0, 0.1) is 11.8 Å². The summed E-state index contributed by atoms with van der Waals surface area (Å²) in [5.74, 6) is 0.412. The SMILES string of the molecule is CC(C)CNC(=O)C1CCC(=O)N(C)C1c1ccccc1. The number of carbonyl (C=O) groups is 2. The van der Waals surface area contributed by atoms with Gasteiger partial charge < -0.3 is 10.2 Å². The van der Waals surface area contributed by atoms with Crippen molar-refractivity contribution in [2.24, 2.45) is 11.8 Å². The summed E-state index contributed by atoms with van der Waals surface area (Å²) in [4.78, 5) is 26.2. The molecule has 0 aliphatic carbocycles. The van der Waals surface area contributed by atoms with Crippen molar-refractivity contribution in [1.82, 2.24) is 10.2 Å². The van der Waals surface area contributed by atoms with Gasteiger partial charge in [-0.2, -0.15) is 0 Å². The van der Waals surface area contributed by atoms with E-state index >= 15 is 0 Å². The minimum Gasteiger partial charge on any atom is -0.356 e. The monoisotopic (exact) mass is 288 g/mol. The summed E-state index contributed by atoms with van der Waals surface area (Å²) < 4.78 is 0. The molecule has 0 bridgehead atoms. The molecule has 2 unspecified atom stereocenters. The molecule has 0 radical (unpaired) electrons. The molecule has 2 rings (SSSR count). The Morgan fingerprint density at radius 3 is 2.62 bits per heavy atom. The molecule has 1 saturated heterocycles. The molecule has 1 aromatic carbocycles. The molecule has 1 aliphatic heterocycles. The van der Waals surface area contributed by atoms with E-state index in [9.17, 15) is 9.59 Å². The third kappa shape index (κ3) is 3.63. The Labute approximate surface area is 126 Å². The lowest BCUT2D eigenvalue weighted by atomic mass is 9.84. The predicted molar refractivity (Wildman–Crippen MR) is 82.5 cm³/mol. The molecule has 21 heavy (non-hydrogen) atoms. The highest BCUT2D eigenvalue weighted by Crippen LogP contribution is 2.35. The molecule has 1 fully saturated rings. The Balaban J connectivity index is 2.21. The molecular weight excluding hydrogens is 264 g/mol. The summed E-state index contributed by atoms with van der Waals surface area (Å²) in [5, 5.41) is 3.01. The second kappa shape index (κ2) is 6.74. The van der Waals surface area contributed by atoms with Crippen LogP contribution in [0.2, 0.25) is 0 Å². The van der Waals surface area contributed by atoms with Crippen molar-refractivity contribution in [2.75, 3.05) is 13.6 Å². The molecule has 114 valence electrons. The van der Waals surface area contributed by atoms with Crippen LogP contribution in [0.25, 0.3) is 0 Å². The summed E-state index contributed by atoms with van der Waals surface area (Å²) in [6, 6.07) is 9.66. The predicted octanol–water partition coefficient (Wildman–Crippen LogP) is 2.37. The van der Waals surface area contributed by atoms with E-state index in [1.807, 2.05) is 30.3 Å². The summed E-state index contributed by atoms with van der Waals surface area (Å²) in [6.07, 6.45) is 1.06. The van der Waals surface area contributed by atoms with E-state index in [1.165, 1.54) is 0 Å². The molecule has 1 aliphatic rings. The number of piperidine rings is 1. The van der Waals surface area contributed by atoms with Crippen molar-refractivity contribution in [1.29, 1.82) is 0 Å². The number of nitrogens with zero attached hydrogens (tertiary/aromatic N) is 1. The number of likely N-dealkylation sites (tertiary alicyclic amines) is 1. The fourth-order valence-electron chi connectivity index (χ4n) is 2.85. The molecule has 4 nitrogen and oxygen atoms in total. The molecule has 1 heterocycles. The second-order valence-corrected chi connectivity index (χ2v) is 6.14. The van der Waals surface area contributed by atoms with Gasteiger partial charge in [0.15, 0.2) is 0 Å². The van der Waals surface area contributed by atoms with Gasteiger partial charge in [-0.05, 0) is 17.9 Å². The average molecular weight is 288 g/mol. The highest BCUT2D eigenvalue weighted by atomic mass is 16.2. The van der Waals surface area contributed by atoms with Gasteiger partial charge in [0.1, 0.15) is 0 Å². The highest BCUT2D eigenvalue weighted by molar-refractivity contribution is 5.84. The van der Waals surface area contributed by atoms with Crippen molar-refractivity contribution < 1.29 is 9.59 Å². The first-order valence-electron chi connectivity index (χ1n) is 7.59. The molecule has 0 saturated carbocycles. The lowest BCUT2D eigenvalue weighted by Gasteiger charge is -2.38. The van der Waals surface area contributed by atoms with Crippen molar-refractivity contribution in [3.8, 4) is 0 Å². The van der Waals surface area contributed by atoms with Gasteiger partial charge in [-0.25, -0.2) is 0 Å². The van der Waals surface area contributed by atoms with Gasteiger partial charge in [-0.3, -0.25) is 9.59 Å². The smallest absolute Gasteiger partial charge is 0.225 e. The first-order chi connectivity index (χ1) is 10.0. The molecule has 2 amide bonds. The van der Waals surface area contributed by atoms with Crippen LogP contribution in [0.3, 0.4) is 0 Å². The Hall–Kier alpha value is -1.84. The quantitative estimate of drug-likeness (QED) is 0.924. The van der Waals surface area contributed by atoms with Gasteiger partial charge in [-0.1, -0.05) is 44.2 Å². The van der Waals surface area contributed by atoms with E-state index in [0.717, 1.165) is 5.56 Å². The Bertz CT molecular complexity index is 499. The molecule has 4 heteroatoms. The van der Waals surface area contributed by atoms with Crippen LogP contribution < -0.4 is 5.32 Å². The molecule has 2 atom stereocenters. The largest absolute Gasteiger partial charge is 0.356 e. The van der Waals surface area contributed by atoms with Gasteiger partial charge in [-0.15, -0.1) is 0 Å². The van der Waals surface area contributed by atoms with Gasteiger partial charge >= 0.3 is 0 Å². The molecule has 0 spiro atoms. The number of amides is 2. The number of benzene rings is 1. The topological polar surface area (TPSA) is 49.4 Å². The maximum absolute atomic E-state index is 12.5. The van der Waals surface area contributed by atoms with Crippen molar-refractivity contribution in [3.05, 3.63) is 35.9 Å². The van der Waals surface area contributed by atoms with E-state index < -0.39 is 0 Å². The van der Waals surface area contributed by atoms with Crippen LogP contribution >= 0.6 is 0 Å². The highest BCUT2D eigenvalue weighted by Gasteiger charge is 2.38. The molecule has 0 aromatic heterocycles. The first kappa shape index (κ1) is 15.5. The Kier molecular flexibility index (Phi) is 4.99. The minimum atomic E-state index is -0.172. The Morgan fingerprint density at radius 1 is 1.33 bits per heavy atom. The standard InChI is InChI=1S/C17H24N2O2/c1-12(2)11-18-17(21)14-9-10-15(20)19(3)16(14)13-7-5-4-6-8-13/h4-8,12,14,16H,9-11H2,1-3H3,(H,18,21). The number of hydrogen-bond donors (Lipinski definition) is 1. The van der Waals surface area contributed by atoms with Crippen molar-refractivity contribution in [2.45, 2.75) is 32.7 Å². The minimum absolute atomic E-state index is 0.0527. The lowest BCUT2D eigenvalue weighted by Crippen LogP contribution is -2.46. The number of carbonyl (C=O) groups excluding carboxylic acids is 2. The zero-order valence-electron chi connectivity index (χ0n) is 13.0. The second-order valence-electron chi connectivity index (χ2n) is 6.14. The third-order valence-electron chi connectivity index (χ3n) is 4.02. The van der Waals surface area contributed by atoms with E-state index in [1.54, 1.807) is 11.9 Å². The average Bonchev–Trinajstić information content (AvgIpc) is 2.48. The van der Waals surface area contributed by atoms with E-state index in [2.05, 4.69) is 19.2 Å². The van der Waals surface area contributed by atoms with Crippen LogP contribution in [0.4, 0.5) is 0 Å². The maximum Gasteiger partial charge on any atom is 0.225 e. The first-order valence-corrected chi connectivity index (χ1v) is 7.59. The van der Waals surface area contributed by atoms with Crippen LogP contribution in [-0.2, 0) is 9.59 Å². The molecule has 1 N–H and O–H groups in total.